The number of likely N-dealkylation sites (N-methyl/N-ethyl adjacent to an activating group) is 1. The first-order valence-electron chi connectivity index (χ1n) is 10.1. The Balaban J connectivity index is 1.38. The van der Waals surface area contributed by atoms with E-state index in [9.17, 15) is 9.59 Å². The van der Waals surface area contributed by atoms with Crippen molar-refractivity contribution >= 4 is 17.5 Å². The fourth-order valence-electron chi connectivity index (χ4n) is 3.70. The lowest BCUT2D eigenvalue weighted by molar-refractivity contribution is -0.131. The Kier molecular flexibility index (Phi) is 5.61. The first-order chi connectivity index (χ1) is 14.5. The van der Waals surface area contributed by atoms with Gasteiger partial charge in [-0.2, -0.15) is 5.10 Å². The van der Waals surface area contributed by atoms with E-state index in [0.717, 1.165) is 35.5 Å². The monoisotopic (exact) mass is 403 g/mol. The Hall–Kier alpha value is -3.48. The molecule has 3 aromatic rings. The molecule has 30 heavy (non-hydrogen) atoms. The van der Waals surface area contributed by atoms with Crippen molar-refractivity contribution in [2.45, 2.75) is 32.2 Å². The minimum atomic E-state index is -0.0520. The van der Waals surface area contributed by atoms with Gasteiger partial charge in [-0.3, -0.25) is 9.59 Å². The van der Waals surface area contributed by atoms with Gasteiger partial charge in [0.15, 0.2) is 0 Å². The Labute approximate surface area is 175 Å². The van der Waals surface area contributed by atoms with Crippen LogP contribution in [0.1, 0.15) is 36.9 Å². The fraction of sp³-hybridized carbons (Fsp3) is 0.304. The van der Waals surface area contributed by atoms with Crippen LogP contribution in [0.15, 0.2) is 61.2 Å². The molecule has 2 aromatic carbocycles. The molecular weight excluding hydrogens is 378 g/mol. The van der Waals surface area contributed by atoms with Gasteiger partial charge in [0, 0.05) is 25.7 Å². The quantitative estimate of drug-likeness (QED) is 0.634. The molecule has 1 atom stereocenters. The van der Waals surface area contributed by atoms with Crippen molar-refractivity contribution < 1.29 is 9.59 Å². The maximum Gasteiger partial charge on any atom is 0.227 e. The molecule has 0 aliphatic carbocycles. The molecular formula is C23H25N5O2. The van der Waals surface area contributed by atoms with Crippen LogP contribution in [-0.2, 0) is 16.0 Å². The summed E-state index contributed by atoms with van der Waals surface area (Å²) >= 11 is 0. The second kappa shape index (κ2) is 8.49. The number of anilines is 1. The molecule has 7 heteroatoms. The van der Waals surface area contributed by atoms with Crippen LogP contribution in [0.5, 0.6) is 0 Å². The van der Waals surface area contributed by atoms with Crippen molar-refractivity contribution in [2.24, 2.45) is 0 Å². The van der Waals surface area contributed by atoms with Crippen LogP contribution in [0.3, 0.4) is 0 Å². The molecule has 0 N–H and O–H groups in total. The van der Waals surface area contributed by atoms with E-state index in [1.807, 2.05) is 67.4 Å². The predicted octanol–water partition coefficient (Wildman–Crippen LogP) is 3.16. The number of hydrogen-bond donors (Lipinski definition) is 0. The van der Waals surface area contributed by atoms with Crippen LogP contribution in [0, 0.1) is 0 Å². The van der Waals surface area contributed by atoms with Gasteiger partial charge in [-0.15, -0.1) is 0 Å². The van der Waals surface area contributed by atoms with Gasteiger partial charge in [0.25, 0.3) is 0 Å². The number of aromatic nitrogens is 3. The molecule has 7 nitrogen and oxygen atoms in total. The minimum Gasteiger partial charge on any atom is -0.339 e. The first kappa shape index (κ1) is 19.8. The van der Waals surface area contributed by atoms with Crippen molar-refractivity contribution in [3.05, 3.63) is 72.3 Å². The molecule has 1 aliphatic heterocycles. The lowest BCUT2D eigenvalue weighted by atomic mass is 10.1. The lowest BCUT2D eigenvalue weighted by Crippen LogP contribution is -2.31. The predicted molar refractivity (Wildman–Crippen MR) is 114 cm³/mol. The maximum atomic E-state index is 12.8. The number of carbonyl (C=O) groups is 2. The third-order valence-corrected chi connectivity index (χ3v) is 5.71. The molecule has 1 aliphatic rings. The van der Waals surface area contributed by atoms with Crippen molar-refractivity contribution in [3.8, 4) is 5.69 Å². The second-order valence-corrected chi connectivity index (χ2v) is 7.60. The SMILES string of the molecule is C[C@H](c1ccc(-n2cncn2)cc1)N(C)C(=O)Cc1ccc(N2CCCC2=O)cc1. The highest BCUT2D eigenvalue weighted by atomic mass is 16.2. The van der Waals surface area contributed by atoms with Crippen molar-refractivity contribution in [1.82, 2.24) is 19.7 Å². The van der Waals surface area contributed by atoms with E-state index in [0.29, 0.717) is 12.8 Å². The van der Waals surface area contributed by atoms with Crippen LogP contribution in [-0.4, -0.2) is 45.1 Å². The topological polar surface area (TPSA) is 71.3 Å². The van der Waals surface area contributed by atoms with Gasteiger partial charge in [-0.05, 0) is 48.7 Å². The molecule has 2 heterocycles. The zero-order chi connectivity index (χ0) is 21.1. The minimum absolute atomic E-state index is 0.0489. The number of carbonyl (C=O) groups excluding carboxylic acids is 2. The number of nitrogens with zero attached hydrogens (tertiary/aromatic N) is 5. The summed E-state index contributed by atoms with van der Waals surface area (Å²) in [5, 5.41) is 4.13. The number of benzene rings is 2. The summed E-state index contributed by atoms with van der Waals surface area (Å²) in [5.74, 6) is 0.218. The zero-order valence-electron chi connectivity index (χ0n) is 17.2. The average molecular weight is 403 g/mol. The second-order valence-electron chi connectivity index (χ2n) is 7.60. The molecule has 154 valence electrons. The summed E-state index contributed by atoms with van der Waals surface area (Å²) in [6.45, 7) is 2.79. The smallest absolute Gasteiger partial charge is 0.227 e. The number of amides is 2. The van der Waals surface area contributed by atoms with Gasteiger partial charge in [0.05, 0.1) is 18.2 Å². The normalized spacial score (nSPS) is 14.7. The maximum absolute atomic E-state index is 12.8. The Morgan fingerprint density at radius 1 is 1.10 bits per heavy atom. The van der Waals surface area contributed by atoms with Crippen LogP contribution in [0.2, 0.25) is 0 Å². The highest BCUT2D eigenvalue weighted by Gasteiger charge is 2.22. The van der Waals surface area contributed by atoms with E-state index in [1.54, 1.807) is 15.9 Å². The number of rotatable bonds is 6. The van der Waals surface area contributed by atoms with E-state index >= 15 is 0 Å². The van der Waals surface area contributed by atoms with Gasteiger partial charge in [0.2, 0.25) is 11.8 Å². The molecule has 4 rings (SSSR count). The Morgan fingerprint density at radius 2 is 1.80 bits per heavy atom. The Morgan fingerprint density at radius 3 is 2.40 bits per heavy atom. The average Bonchev–Trinajstić information content (AvgIpc) is 3.45. The molecule has 1 saturated heterocycles. The Bertz CT molecular complexity index is 1010. The summed E-state index contributed by atoms with van der Waals surface area (Å²) < 4.78 is 1.70. The van der Waals surface area contributed by atoms with Crippen molar-refractivity contribution in [2.75, 3.05) is 18.5 Å². The first-order valence-corrected chi connectivity index (χ1v) is 10.1. The summed E-state index contributed by atoms with van der Waals surface area (Å²) in [7, 11) is 1.83. The van der Waals surface area contributed by atoms with Crippen molar-refractivity contribution in [3.63, 3.8) is 0 Å². The summed E-state index contributed by atoms with van der Waals surface area (Å²) in [5.41, 5.74) is 3.82. The fourth-order valence-corrected chi connectivity index (χ4v) is 3.70. The molecule has 0 radical (unpaired) electrons. The van der Waals surface area contributed by atoms with Gasteiger partial charge in [-0.1, -0.05) is 24.3 Å². The highest BCUT2D eigenvalue weighted by Crippen LogP contribution is 2.23. The summed E-state index contributed by atoms with van der Waals surface area (Å²) in [6.07, 6.45) is 4.99. The zero-order valence-corrected chi connectivity index (χ0v) is 17.2. The molecule has 0 saturated carbocycles. The van der Waals surface area contributed by atoms with Gasteiger partial charge in [-0.25, -0.2) is 9.67 Å². The van der Waals surface area contributed by atoms with Gasteiger partial charge >= 0.3 is 0 Å². The number of hydrogen-bond acceptors (Lipinski definition) is 4. The molecule has 1 aromatic heterocycles. The van der Waals surface area contributed by atoms with Crippen LogP contribution in [0.25, 0.3) is 5.69 Å². The van der Waals surface area contributed by atoms with Crippen molar-refractivity contribution in [1.29, 1.82) is 0 Å². The van der Waals surface area contributed by atoms with Gasteiger partial charge < -0.3 is 9.80 Å². The third kappa shape index (κ3) is 4.10. The van der Waals surface area contributed by atoms with Crippen LogP contribution in [0.4, 0.5) is 5.69 Å². The molecule has 0 unspecified atom stereocenters. The van der Waals surface area contributed by atoms with E-state index in [4.69, 9.17) is 0 Å². The third-order valence-electron chi connectivity index (χ3n) is 5.71. The van der Waals surface area contributed by atoms with Gasteiger partial charge in [0.1, 0.15) is 12.7 Å². The van der Waals surface area contributed by atoms with E-state index in [2.05, 4.69) is 10.1 Å². The van der Waals surface area contributed by atoms with E-state index < -0.39 is 0 Å². The lowest BCUT2D eigenvalue weighted by Gasteiger charge is -2.26. The molecule has 0 bridgehead atoms. The molecule has 1 fully saturated rings. The standard InChI is InChI=1S/C23H25N5O2/c1-17(19-7-11-21(12-8-19)28-16-24-15-25-28)26(2)23(30)14-18-5-9-20(10-6-18)27-13-3-4-22(27)29/h5-12,15-17H,3-4,13-14H2,1-2H3/t17-/m1/s1. The highest BCUT2D eigenvalue weighted by molar-refractivity contribution is 5.95. The van der Waals surface area contributed by atoms with E-state index in [1.165, 1.54) is 6.33 Å². The largest absolute Gasteiger partial charge is 0.339 e. The van der Waals surface area contributed by atoms with E-state index in [-0.39, 0.29) is 17.9 Å². The summed E-state index contributed by atoms with van der Waals surface area (Å²) in [4.78, 5) is 32.2. The molecule has 0 spiro atoms. The molecule has 2 amide bonds. The van der Waals surface area contributed by atoms with Crippen LogP contribution < -0.4 is 4.90 Å². The summed E-state index contributed by atoms with van der Waals surface area (Å²) in [6, 6.07) is 15.6. The van der Waals surface area contributed by atoms with Crippen LogP contribution >= 0.6 is 0 Å².